The molecule has 0 aliphatic carbocycles. The largest absolute Gasteiger partial charge is 0.573 e. The van der Waals surface area contributed by atoms with Crippen molar-refractivity contribution in [2.75, 3.05) is 19.0 Å². The van der Waals surface area contributed by atoms with Gasteiger partial charge < -0.3 is 15.4 Å². The van der Waals surface area contributed by atoms with E-state index < -0.39 is 12.4 Å². The molecule has 2 rings (SSSR count). The van der Waals surface area contributed by atoms with Crippen molar-refractivity contribution in [3.63, 3.8) is 0 Å². The molecule has 1 atom stereocenters. The van der Waals surface area contributed by atoms with E-state index in [1.807, 2.05) is 31.1 Å². The third-order valence-electron chi connectivity index (χ3n) is 3.31. The lowest BCUT2D eigenvalue weighted by molar-refractivity contribution is -0.274. The first-order valence-corrected chi connectivity index (χ1v) is 7.13. The highest BCUT2D eigenvalue weighted by Crippen LogP contribution is 2.31. The number of nitrogens with two attached hydrogens (primary N) is 1. The number of hydrogen-bond donors (Lipinski definition) is 1. The molecular weight excluding hydrogens is 364 g/mol. The van der Waals surface area contributed by atoms with Crippen LogP contribution in [0.25, 0.3) is 0 Å². The summed E-state index contributed by atoms with van der Waals surface area (Å²) in [6.45, 7) is 0. The van der Waals surface area contributed by atoms with Gasteiger partial charge in [0.15, 0.2) is 0 Å². The number of ether oxygens (including phenoxy) is 1. The van der Waals surface area contributed by atoms with Crippen molar-refractivity contribution in [3.8, 4) is 5.75 Å². The van der Waals surface area contributed by atoms with Gasteiger partial charge in [0.2, 0.25) is 0 Å². The van der Waals surface area contributed by atoms with Crippen molar-refractivity contribution in [1.82, 2.24) is 0 Å². The first-order chi connectivity index (χ1) is 10.7. The van der Waals surface area contributed by atoms with Crippen LogP contribution in [0, 0.1) is 0 Å². The fourth-order valence-corrected chi connectivity index (χ4v) is 2.40. The van der Waals surface area contributed by atoms with Crippen molar-refractivity contribution in [1.29, 1.82) is 0 Å². The Hall–Kier alpha value is -1.63. The fraction of sp³-hybridized carbons (Fsp3) is 0.250. The molecule has 0 saturated carbocycles. The molecule has 0 fully saturated rings. The second kappa shape index (κ2) is 7.96. The van der Waals surface area contributed by atoms with Crippen LogP contribution in [0.3, 0.4) is 0 Å². The number of nitrogens with zero attached hydrogens (tertiary/aromatic N) is 1. The summed E-state index contributed by atoms with van der Waals surface area (Å²) in [7, 11) is 3.79. The summed E-state index contributed by atoms with van der Waals surface area (Å²) < 4.78 is 40.3. The van der Waals surface area contributed by atoms with Crippen LogP contribution in [0.5, 0.6) is 5.75 Å². The minimum Gasteiger partial charge on any atom is -0.406 e. The van der Waals surface area contributed by atoms with Gasteiger partial charge in [0.25, 0.3) is 0 Å². The van der Waals surface area contributed by atoms with Gasteiger partial charge in [0, 0.05) is 24.8 Å². The van der Waals surface area contributed by atoms with Crippen LogP contribution >= 0.6 is 24.0 Å². The predicted molar refractivity (Wildman–Crippen MR) is 92.2 cm³/mol. The molecule has 0 amide bonds. The number of alkyl halides is 3. The maximum absolute atomic E-state index is 12.2. The zero-order valence-corrected chi connectivity index (χ0v) is 14.5. The molecule has 132 valence electrons. The van der Waals surface area contributed by atoms with Crippen LogP contribution in [0.15, 0.2) is 42.5 Å². The second-order valence-corrected chi connectivity index (χ2v) is 5.60. The highest BCUT2D eigenvalue weighted by Gasteiger charge is 2.31. The summed E-state index contributed by atoms with van der Waals surface area (Å²) >= 11 is 6.26. The molecule has 2 aromatic rings. The van der Waals surface area contributed by atoms with E-state index in [4.69, 9.17) is 17.3 Å². The van der Waals surface area contributed by atoms with E-state index >= 15 is 0 Å². The number of rotatable bonds is 4. The predicted octanol–water partition coefficient (Wildman–Crippen LogP) is 4.77. The quantitative estimate of drug-likeness (QED) is 0.829. The van der Waals surface area contributed by atoms with E-state index in [-0.39, 0.29) is 18.2 Å². The van der Waals surface area contributed by atoms with Gasteiger partial charge in [-0.05, 0) is 35.4 Å². The van der Waals surface area contributed by atoms with E-state index in [1.54, 1.807) is 6.07 Å². The molecule has 8 heteroatoms. The van der Waals surface area contributed by atoms with Gasteiger partial charge in [-0.15, -0.1) is 25.6 Å². The minimum absolute atomic E-state index is 0. The van der Waals surface area contributed by atoms with Crippen LogP contribution in [0.1, 0.15) is 17.2 Å². The SMILES string of the molecule is CN(C)c1ccc([C@@H](N)c2ccc(OC(F)(F)F)cc2)c(Cl)c1.Cl. The fourth-order valence-electron chi connectivity index (χ4n) is 2.10. The molecule has 0 aliphatic heterocycles. The third-order valence-corrected chi connectivity index (χ3v) is 3.64. The molecular formula is C16H17Cl2F3N2O. The van der Waals surface area contributed by atoms with E-state index in [2.05, 4.69) is 4.74 Å². The monoisotopic (exact) mass is 380 g/mol. The highest BCUT2D eigenvalue weighted by molar-refractivity contribution is 6.31. The molecule has 0 aliphatic rings. The second-order valence-electron chi connectivity index (χ2n) is 5.19. The molecule has 2 N–H and O–H groups in total. The lowest BCUT2D eigenvalue weighted by atomic mass is 9.99. The molecule has 0 unspecified atom stereocenters. The lowest BCUT2D eigenvalue weighted by Gasteiger charge is -2.18. The Morgan fingerprint density at radius 1 is 1.08 bits per heavy atom. The van der Waals surface area contributed by atoms with Crippen LogP contribution in [-0.4, -0.2) is 20.5 Å². The Bertz CT molecular complexity index is 676. The van der Waals surface area contributed by atoms with E-state index in [0.29, 0.717) is 16.1 Å². The minimum atomic E-state index is -4.71. The summed E-state index contributed by atoms with van der Waals surface area (Å²) in [5.41, 5.74) is 8.42. The van der Waals surface area contributed by atoms with Crippen LogP contribution in [-0.2, 0) is 0 Å². The summed E-state index contributed by atoms with van der Waals surface area (Å²) in [4.78, 5) is 1.91. The Morgan fingerprint density at radius 3 is 2.12 bits per heavy atom. The van der Waals surface area contributed by atoms with E-state index in [1.165, 1.54) is 24.3 Å². The molecule has 24 heavy (non-hydrogen) atoms. The Balaban J connectivity index is 0.00000288. The zero-order valence-electron chi connectivity index (χ0n) is 13.0. The maximum Gasteiger partial charge on any atom is 0.573 e. The van der Waals surface area contributed by atoms with Gasteiger partial charge in [0.05, 0.1) is 6.04 Å². The molecule has 0 aromatic heterocycles. The first-order valence-electron chi connectivity index (χ1n) is 6.75. The normalized spacial score (nSPS) is 12.3. The van der Waals surface area contributed by atoms with Crippen LogP contribution in [0.2, 0.25) is 5.02 Å². The number of hydrogen-bond acceptors (Lipinski definition) is 3. The number of anilines is 1. The van der Waals surface area contributed by atoms with Crippen molar-refractivity contribution in [2.45, 2.75) is 12.4 Å². The van der Waals surface area contributed by atoms with E-state index in [0.717, 1.165) is 5.69 Å². The molecule has 0 radical (unpaired) electrons. The van der Waals surface area contributed by atoms with Crippen molar-refractivity contribution < 1.29 is 17.9 Å². The van der Waals surface area contributed by atoms with Gasteiger partial charge in [-0.1, -0.05) is 29.8 Å². The summed E-state index contributed by atoms with van der Waals surface area (Å²) in [5.74, 6) is -0.289. The first kappa shape index (κ1) is 20.4. The van der Waals surface area contributed by atoms with Crippen molar-refractivity contribution >= 4 is 29.7 Å². The molecule has 2 aromatic carbocycles. The molecule has 0 bridgehead atoms. The van der Waals surface area contributed by atoms with Crippen molar-refractivity contribution in [2.24, 2.45) is 5.73 Å². The third kappa shape index (κ3) is 5.19. The molecule has 0 saturated heterocycles. The van der Waals surface area contributed by atoms with Gasteiger partial charge >= 0.3 is 6.36 Å². The molecule has 0 heterocycles. The average Bonchev–Trinajstić information content (AvgIpc) is 2.45. The zero-order chi connectivity index (χ0) is 17.2. The Labute approximate surface area is 149 Å². The summed E-state index contributed by atoms with van der Waals surface area (Å²) in [6.07, 6.45) is -4.71. The molecule has 0 spiro atoms. The highest BCUT2D eigenvalue weighted by atomic mass is 35.5. The summed E-state index contributed by atoms with van der Waals surface area (Å²) in [6, 6.07) is 10.4. The molecule has 3 nitrogen and oxygen atoms in total. The smallest absolute Gasteiger partial charge is 0.406 e. The number of halogens is 5. The topological polar surface area (TPSA) is 38.5 Å². The number of benzene rings is 2. The Kier molecular flexibility index (Phi) is 6.77. The standard InChI is InChI=1S/C16H16ClF3N2O.ClH/c1-22(2)11-5-8-13(14(17)9-11)15(21)10-3-6-12(7-4-10)23-16(18,19)20;/h3-9,15H,21H2,1-2H3;1H/t15-;/m0./s1. The van der Waals surface area contributed by atoms with Crippen LogP contribution in [0.4, 0.5) is 18.9 Å². The van der Waals surface area contributed by atoms with Gasteiger partial charge in [-0.2, -0.15) is 0 Å². The van der Waals surface area contributed by atoms with Crippen LogP contribution < -0.4 is 15.4 Å². The lowest BCUT2D eigenvalue weighted by Crippen LogP contribution is -2.17. The van der Waals surface area contributed by atoms with Gasteiger partial charge in [0.1, 0.15) is 5.75 Å². The van der Waals surface area contributed by atoms with Gasteiger partial charge in [-0.3, -0.25) is 0 Å². The van der Waals surface area contributed by atoms with E-state index in [9.17, 15) is 13.2 Å². The van der Waals surface area contributed by atoms with Crippen molar-refractivity contribution in [3.05, 3.63) is 58.6 Å². The maximum atomic E-state index is 12.2. The van der Waals surface area contributed by atoms with Gasteiger partial charge in [-0.25, -0.2) is 0 Å². The average molecular weight is 381 g/mol. The summed E-state index contributed by atoms with van der Waals surface area (Å²) in [5, 5.41) is 0.499. The Morgan fingerprint density at radius 2 is 1.67 bits per heavy atom.